The lowest BCUT2D eigenvalue weighted by Crippen LogP contribution is -1.94. The Balaban J connectivity index is 2.35. The molecule has 0 aromatic heterocycles. The summed E-state index contributed by atoms with van der Waals surface area (Å²) < 4.78 is 4.62. The fourth-order valence-electron chi connectivity index (χ4n) is 1.88. The van der Waals surface area contributed by atoms with Gasteiger partial charge in [0.1, 0.15) is 0 Å². The van der Waals surface area contributed by atoms with Gasteiger partial charge in [0, 0.05) is 12.0 Å². The van der Waals surface area contributed by atoms with Gasteiger partial charge in [-0.2, -0.15) is 0 Å². The first-order chi connectivity index (χ1) is 9.79. The first-order valence-electron chi connectivity index (χ1n) is 6.42. The lowest BCUT2D eigenvalue weighted by molar-refractivity contribution is -0.134. The van der Waals surface area contributed by atoms with Crippen molar-refractivity contribution < 1.29 is 9.53 Å². The molecule has 0 bridgehead atoms. The standard InChI is InChI=1S/C18H16O2/c1-20-18(19)13-12-17(16-10-6-3-7-11-16)14-15-8-4-2-5-9-15/h2-11,13H,14H2,1H3. The van der Waals surface area contributed by atoms with Crippen LogP contribution in [0.2, 0.25) is 0 Å². The molecule has 20 heavy (non-hydrogen) atoms. The van der Waals surface area contributed by atoms with Gasteiger partial charge in [0.25, 0.3) is 0 Å². The Bertz CT molecular complexity index is 621. The van der Waals surface area contributed by atoms with Crippen LogP contribution < -0.4 is 0 Å². The van der Waals surface area contributed by atoms with E-state index in [-0.39, 0.29) is 0 Å². The smallest absolute Gasteiger partial charge is 0.338 e. The number of esters is 1. The normalized spacial score (nSPS) is 9.45. The summed E-state index contributed by atoms with van der Waals surface area (Å²) in [5.41, 5.74) is 6.24. The van der Waals surface area contributed by atoms with Crippen LogP contribution in [0.1, 0.15) is 11.1 Å². The summed E-state index contributed by atoms with van der Waals surface area (Å²) in [6, 6.07) is 20.0. The Morgan fingerprint density at radius 2 is 1.65 bits per heavy atom. The average molecular weight is 264 g/mol. The number of methoxy groups -OCH3 is 1. The van der Waals surface area contributed by atoms with Gasteiger partial charge in [-0.3, -0.25) is 0 Å². The molecule has 0 fully saturated rings. The number of carbonyl (C=O) groups is 1. The fraction of sp³-hybridized carbons (Fsp3) is 0.111. The highest BCUT2D eigenvalue weighted by Gasteiger charge is 2.02. The molecule has 100 valence electrons. The van der Waals surface area contributed by atoms with Crippen LogP contribution in [0.4, 0.5) is 0 Å². The van der Waals surface area contributed by atoms with Crippen molar-refractivity contribution in [2.24, 2.45) is 0 Å². The summed E-state index contributed by atoms with van der Waals surface area (Å²) in [6.07, 6.45) is 2.06. The topological polar surface area (TPSA) is 26.3 Å². The van der Waals surface area contributed by atoms with Crippen LogP contribution in [0.3, 0.4) is 0 Å². The fourth-order valence-corrected chi connectivity index (χ4v) is 1.88. The predicted octanol–water partition coefficient (Wildman–Crippen LogP) is 3.64. The van der Waals surface area contributed by atoms with Gasteiger partial charge >= 0.3 is 5.97 Å². The van der Waals surface area contributed by atoms with Gasteiger partial charge in [0.15, 0.2) is 0 Å². The molecule has 0 N–H and O–H groups in total. The van der Waals surface area contributed by atoms with E-state index in [1.54, 1.807) is 0 Å². The lowest BCUT2D eigenvalue weighted by atomic mass is 9.99. The maximum atomic E-state index is 11.2. The first kappa shape index (κ1) is 13.9. The summed E-state index contributed by atoms with van der Waals surface area (Å²) in [7, 11) is 1.36. The molecule has 0 heterocycles. The Morgan fingerprint density at radius 1 is 1.05 bits per heavy atom. The maximum Gasteiger partial charge on any atom is 0.338 e. The van der Waals surface area contributed by atoms with Gasteiger partial charge < -0.3 is 4.74 Å². The van der Waals surface area contributed by atoms with E-state index in [1.165, 1.54) is 18.7 Å². The minimum absolute atomic E-state index is 0.397. The van der Waals surface area contributed by atoms with Gasteiger partial charge in [-0.05, 0) is 11.1 Å². The van der Waals surface area contributed by atoms with E-state index in [1.807, 2.05) is 48.5 Å². The minimum atomic E-state index is -0.397. The summed E-state index contributed by atoms with van der Waals surface area (Å²) >= 11 is 0. The van der Waals surface area contributed by atoms with Crippen molar-refractivity contribution in [3.05, 3.63) is 83.6 Å². The zero-order chi connectivity index (χ0) is 14.2. The van der Waals surface area contributed by atoms with Crippen LogP contribution in [-0.4, -0.2) is 13.1 Å². The third kappa shape index (κ3) is 3.98. The van der Waals surface area contributed by atoms with Crippen molar-refractivity contribution in [1.29, 1.82) is 0 Å². The molecule has 2 heteroatoms. The summed E-state index contributed by atoms with van der Waals surface area (Å²) in [5.74, 6) is -0.397. The number of ether oxygens (including phenoxy) is 1. The molecule has 2 aromatic rings. The summed E-state index contributed by atoms with van der Waals surface area (Å²) in [6.45, 7) is 0. The zero-order valence-corrected chi connectivity index (χ0v) is 11.4. The van der Waals surface area contributed by atoms with E-state index in [9.17, 15) is 4.79 Å². The van der Waals surface area contributed by atoms with Crippen LogP contribution in [0.25, 0.3) is 5.57 Å². The molecule has 0 aliphatic rings. The van der Waals surface area contributed by atoms with Crippen molar-refractivity contribution >= 4 is 11.5 Å². The second-order valence-electron chi connectivity index (χ2n) is 4.32. The molecule has 0 aliphatic carbocycles. The number of carbonyl (C=O) groups excluding carboxylic acids is 1. The van der Waals surface area contributed by atoms with Crippen LogP contribution in [0.15, 0.2) is 72.5 Å². The molecule has 0 unspecified atom stereocenters. The third-order valence-electron chi connectivity index (χ3n) is 2.91. The Hall–Kier alpha value is -2.57. The van der Waals surface area contributed by atoms with Crippen molar-refractivity contribution in [3.8, 4) is 0 Å². The molecule has 0 saturated carbocycles. The first-order valence-corrected chi connectivity index (χ1v) is 6.42. The third-order valence-corrected chi connectivity index (χ3v) is 2.91. The molecule has 2 aromatic carbocycles. The van der Waals surface area contributed by atoms with Crippen molar-refractivity contribution in [1.82, 2.24) is 0 Å². The van der Waals surface area contributed by atoms with Gasteiger partial charge in [-0.1, -0.05) is 60.7 Å². The zero-order valence-electron chi connectivity index (χ0n) is 11.4. The molecular formula is C18H16O2. The monoisotopic (exact) mass is 264 g/mol. The Labute approximate surface area is 119 Å². The van der Waals surface area contributed by atoms with E-state index in [2.05, 4.69) is 22.6 Å². The minimum Gasteiger partial charge on any atom is -0.465 e. The maximum absolute atomic E-state index is 11.2. The second kappa shape index (κ2) is 7.13. The number of hydrogen-bond acceptors (Lipinski definition) is 2. The predicted molar refractivity (Wildman–Crippen MR) is 80.1 cm³/mol. The van der Waals surface area contributed by atoms with Gasteiger partial charge in [0.2, 0.25) is 0 Å². The highest BCUT2D eigenvalue weighted by Crippen LogP contribution is 2.18. The molecule has 2 rings (SSSR count). The highest BCUT2D eigenvalue weighted by molar-refractivity contribution is 5.83. The molecule has 0 radical (unpaired) electrons. The van der Waals surface area contributed by atoms with Crippen molar-refractivity contribution in [2.45, 2.75) is 6.42 Å². The van der Waals surface area contributed by atoms with E-state index in [4.69, 9.17) is 0 Å². The molecule has 2 nitrogen and oxygen atoms in total. The van der Waals surface area contributed by atoms with Gasteiger partial charge in [0.05, 0.1) is 13.2 Å². The largest absolute Gasteiger partial charge is 0.465 e. The van der Waals surface area contributed by atoms with Crippen molar-refractivity contribution in [3.63, 3.8) is 0 Å². The van der Waals surface area contributed by atoms with Crippen LogP contribution >= 0.6 is 0 Å². The average Bonchev–Trinajstić information content (AvgIpc) is 2.53. The number of benzene rings is 2. The van der Waals surface area contributed by atoms with Crippen LogP contribution in [0, 0.1) is 0 Å². The van der Waals surface area contributed by atoms with Crippen LogP contribution in [-0.2, 0) is 16.0 Å². The Morgan fingerprint density at radius 3 is 2.25 bits per heavy atom. The molecule has 0 aliphatic heterocycles. The highest BCUT2D eigenvalue weighted by atomic mass is 16.5. The van der Waals surface area contributed by atoms with Crippen LogP contribution in [0.5, 0.6) is 0 Å². The Kier molecular flexibility index (Phi) is 4.94. The SMILES string of the molecule is COC(=O)C=C=C(Cc1ccccc1)c1ccccc1. The molecule has 0 spiro atoms. The van der Waals surface area contributed by atoms with E-state index < -0.39 is 5.97 Å². The van der Waals surface area contributed by atoms with Crippen molar-refractivity contribution in [2.75, 3.05) is 7.11 Å². The van der Waals surface area contributed by atoms with Gasteiger partial charge in [-0.15, -0.1) is 5.73 Å². The van der Waals surface area contributed by atoms with E-state index >= 15 is 0 Å². The molecule has 0 atom stereocenters. The molecule has 0 saturated heterocycles. The van der Waals surface area contributed by atoms with Gasteiger partial charge in [-0.25, -0.2) is 4.79 Å². The number of rotatable bonds is 4. The second-order valence-corrected chi connectivity index (χ2v) is 4.32. The summed E-state index contributed by atoms with van der Waals surface area (Å²) in [5, 5.41) is 0. The van der Waals surface area contributed by atoms with E-state index in [0.29, 0.717) is 0 Å². The number of hydrogen-bond donors (Lipinski definition) is 0. The lowest BCUT2D eigenvalue weighted by Gasteiger charge is -2.05. The quantitative estimate of drug-likeness (QED) is 0.479. The van der Waals surface area contributed by atoms with E-state index in [0.717, 1.165) is 17.6 Å². The summed E-state index contributed by atoms with van der Waals surface area (Å²) in [4.78, 5) is 11.2. The molecular weight excluding hydrogens is 248 g/mol. The molecule has 0 amide bonds.